The highest BCUT2D eigenvalue weighted by Gasteiger charge is 2.29. The predicted molar refractivity (Wildman–Crippen MR) is 87.3 cm³/mol. The lowest BCUT2D eigenvalue weighted by molar-refractivity contribution is 0.371. The van der Waals surface area contributed by atoms with Gasteiger partial charge in [0.05, 0.1) is 11.4 Å². The van der Waals surface area contributed by atoms with Gasteiger partial charge in [-0.2, -0.15) is 0 Å². The smallest absolute Gasteiger partial charge is 0.0889 e. The summed E-state index contributed by atoms with van der Waals surface area (Å²) in [7, 11) is 0. The molecule has 3 rings (SSSR count). The molecular weight excluding hydrogens is 256 g/mol. The van der Waals surface area contributed by atoms with Gasteiger partial charge < -0.3 is 0 Å². The lowest BCUT2D eigenvalue weighted by atomic mass is 9.74. The van der Waals surface area contributed by atoms with E-state index in [1.165, 1.54) is 30.5 Å². The molecule has 0 saturated heterocycles. The monoisotopic (exact) mass is 280 g/mol. The molecule has 2 heteroatoms. The molecule has 0 amide bonds. The van der Waals surface area contributed by atoms with E-state index in [0.29, 0.717) is 17.8 Å². The summed E-state index contributed by atoms with van der Waals surface area (Å²) in [6.07, 6.45) is 5.60. The second-order valence-corrected chi connectivity index (χ2v) is 6.36. The van der Waals surface area contributed by atoms with Gasteiger partial charge in [-0.15, -0.1) is 0 Å². The van der Waals surface area contributed by atoms with E-state index in [1.54, 1.807) is 0 Å². The van der Waals surface area contributed by atoms with Gasteiger partial charge in [0.2, 0.25) is 0 Å². The van der Waals surface area contributed by atoms with Crippen LogP contribution in [-0.4, -0.2) is 9.97 Å². The standard InChI is InChI=1S/C19H24N2/c1-4-13(2)15-9-8-14(3)16-10-11-18(21-19(15)16)17-7-5-6-12-20-17/h5-7,10-15H,4,8-9H2,1-3H3/t13?,14-,15+/m1/s1. The van der Waals surface area contributed by atoms with E-state index in [-0.39, 0.29) is 0 Å². The number of hydrogen-bond acceptors (Lipinski definition) is 2. The van der Waals surface area contributed by atoms with Crippen LogP contribution in [0.15, 0.2) is 36.5 Å². The van der Waals surface area contributed by atoms with Crippen LogP contribution in [0.1, 0.15) is 63.1 Å². The summed E-state index contributed by atoms with van der Waals surface area (Å²) in [5.41, 5.74) is 4.76. The van der Waals surface area contributed by atoms with Crippen LogP contribution in [0.4, 0.5) is 0 Å². The minimum absolute atomic E-state index is 0.602. The number of aromatic nitrogens is 2. The Balaban J connectivity index is 2.06. The van der Waals surface area contributed by atoms with E-state index in [9.17, 15) is 0 Å². The molecule has 0 aliphatic heterocycles. The first kappa shape index (κ1) is 14.2. The van der Waals surface area contributed by atoms with Crippen molar-refractivity contribution >= 4 is 0 Å². The zero-order valence-electron chi connectivity index (χ0n) is 13.2. The topological polar surface area (TPSA) is 25.8 Å². The molecule has 21 heavy (non-hydrogen) atoms. The van der Waals surface area contributed by atoms with Crippen LogP contribution in [-0.2, 0) is 0 Å². The Morgan fingerprint density at radius 3 is 2.71 bits per heavy atom. The molecule has 0 radical (unpaired) electrons. The maximum Gasteiger partial charge on any atom is 0.0889 e. The number of fused-ring (bicyclic) bond motifs is 1. The van der Waals surface area contributed by atoms with Gasteiger partial charge in [-0.1, -0.05) is 39.3 Å². The lowest BCUT2D eigenvalue weighted by Gasteiger charge is -2.32. The van der Waals surface area contributed by atoms with Gasteiger partial charge in [0.1, 0.15) is 0 Å². The fourth-order valence-corrected chi connectivity index (χ4v) is 3.42. The molecule has 2 aromatic heterocycles. The molecule has 1 aliphatic rings. The second-order valence-electron chi connectivity index (χ2n) is 6.36. The van der Waals surface area contributed by atoms with Gasteiger partial charge in [-0.3, -0.25) is 9.97 Å². The molecule has 0 bridgehead atoms. The maximum absolute atomic E-state index is 5.02. The van der Waals surface area contributed by atoms with Gasteiger partial charge in [0.15, 0.2) is 0 Å². The third kappa shape index (κ3) is 2.72. The number of hydrogen-bond donors (Lipinski definition) is 0. The van der Waals surface area contributed by atoms with Crippen molar-refractivity contribution in [1.29, 1.82) is 0 Å². The summed E-state index contributed by atoms with van der Waals surface area (Å²) >= 11 is 0. The first-order valence-corrected chi connectivity index (χ1v) is 8.13. The minimum atomic E-state index is 0.602. The van der Waals surface area contributed by atoms with Crippen molar-refractivity contribution in [3.05, 3.63) is 47.8 Å². The summed E-state index contributed by atoms with van der Waals surface area (Å²) in [6, 6.07) is 10.4. The van der Waals surface area contributed by atoms with E-state index in [2.05, 4.69) is 37.9 Å². The molecular formula is C19H24N2. The number of rotatable bonds is 3. The molecule has 0 saturated carbocycles. The molecule has 1 unspecified atom stereocenters. The van der Waals surface area contributed by atoms with Crippen LogP contribution >= 0.6 is 0 Å². The lowest BCUT2D eigenvalue weighted by Crippen LogP contribution is -2.20. The number of nitrogens with zero attached hydrogens (tertiary/aromatic N) is 2. The van der Waals surface area contributed by atoms with Crippen molar-refractivity contribution in [3.8, 4) is 11.4 Å². The highest BCUT2D eigenvalue weighted by atomic mass is 14.8. The first-order valence-electron chi connectivity index (χ1n) is 8.13. The van der Waals surface area contributed by atoms with Gasteiger partial charge in [-0.05, 0) is 48.4 Å². The third-order valence-electron chi connectivity index (χ3n) is 5.01. The molecule has 3 atom stereocenters. The van der Waals surface area contributed by atoms with Crippen LogP contribution in [0.5, 0.6) is 0 Å². The average Bonchev–Trinajstić information content (AvgIpc) is 2.55. The molecule has 0 spiro atoms. The van der Waals surface area contributed by atoms with Crippen molar-refractivity contribution in [3.63, 3.8) is 0 Å². The Hall–Kier alpha value is -1.70. The Kier molecular flexibility index (Phi) is 4.05. The largest absolute Gasteiger partial charge is 0.255 e. The third-order valence-corrected chi connectivity index (χ3v) is 5.01. The highest BCUT2D eigenvalue weighted by Crippen LogP contribution is 2.42. The normalized spacial score (nSPS) is 22.6. The SMILES string of the molecule is CCC(C)[C@@H]1CC[C@@H](C)c2ccc(-c3ccccn3)nc21. The van der Waals surface area contributed by atoms with Gasteiger partial charge >= 0.3 is 0 Å². The van der Waals surface area contributed by atoms with Crippen molar-refractivity contribution in [2.75, 3.05) is 0 Å². The first-order chi connectivity index (χ1) is 10.2. The average molecular weight is 280 g/mol. The van der Waals surface area contributed by atoms with E-state index < -0.39 is 0 Å². The summed E-state index contributed by atoms with van der Waals surface area (Å²) in [4.78, 5) is 9.47. The minimum Gasteiger partial charge on any atom is -0.255 e. The van der Waals surface area contributed by atoms with Crippen molar-refractivity contribution in [1.82, 2.24) is 9.97 Å². The van der Waals surface area contributed by atoms with Gasteiger partial charge in [0.25, 0.3) is 0 Å². The maximum atomic E-state index is 5.02. The quantitative estimate of drug-likeness (QED) is 0.775. The van der Waals surface area contributed by atoms with Gasteiger partial charge in [0, 0.05) is 17.8 Å². The Bertz CT molecular complexity index is 606. The van der Waals surface area contributed by atoms with Crippen LogP contribution < -0.4 is 0 Å². The van der Waals surface area contributed by atoms with Crippen molar-refractivity contribution < 1.29 is 0 Å². The second kappa shape index (κ2) is 5.97. The van der Waals surface area contributed by atoms with Crippen LogP contribution in [0.3, 0.4) is 0 Å². The van der Waals surface area contributed by atoms with E-state index >= 15 is 0 Å². The Labute approximate surface area is 127 Å². The molecule has 0 N–H and O–H groups in total. The molecule has 2 aromatic rings. The zero-order chi connectivity index (χ0) is 14.8. The summed E-state index contributed by atoms with van der Waals surface area (Å²) in [6.45, 7) is 6.97. The van der Waals surface area contributed by atoms with Crippen LogP contribution in [0.2, 0.25) is 0 Å². The Morgan fingerprint density at radius 1 is 1.14 bits per heavy atom. The zero-order valence-corrected chi connectivity index (χ0v) is 13.2. The summed E-state index contributed by atoms with van der Waals surface area (Å²) in [5.74, 6) is 1.93. The highest BCUT2D eigenvalue weighted by molar-refractivity contribution is 5.55. The predicted octanol–water partition coefficient (Wildman–Crippen LogP) is 5.17. The van der Waals surface area contributed by atoms with Crippen molar-refractivity contribution in [2.24, 2.45) is 5.92 Å². The van der Waals surface area contributed by atoms with Gasteiger partial charge in [-0.25, -0.2) is 0 Å². The molecule has 110 valence electrons. The molecule has 2 heterocycles. The summed E-state index contributed by atoms with van der Waals surface area (Å²) < 4.78 is 0. The Morgan fingerprint density at radius 2 is 2.00 bits per heavy atom. The number of pyridine rings is 2. The van der Waals surface area contributed by atoms with E-state index in [4.69, 9.17) is 4.98 Å². The summed E-state index contributed by atoms with van der Waals surface area (Å²) in [5, 5.41) is 0. The van der Waals surface area contributed by atoms with E-state index in [0.717, 1.165) is 11.4 Å². The fourth-order valence-electron chi connectivity index (χ4n) is 3.42. The molecule has 0 aromatic carbocycles. The van der Waals surface area contributed by atoms with Crippen molar-refractivity contribution in [2.45, 2.75) is 51.9 Å². The fraction of sp³-hybridized carbons (Fsp3) is 0.474. The molecule has 1 aliphatic carbocycles. The van der Waals surface area contributed by atoms with Crippen LogP contribution in [0.25, 0.3) is 11.4 Å². The molecule has 0 fully saturated rings. The van der Waals surface area contributed by atoms with E-state index in [1.807, 2.05) is 24.4 Å². The molecule has 2 nitrogen and oxygen atoms in total. The van der Waals surface area contributed by atoms with Crippen LogP contribution in [0, 0.1) is 5.92 Å².